The highest BCUT2D eigenvalue weighted by Gasteiger charge is 2.30. The molecule has 1 amide bonds. The molecular formula is C12H18N4O4. The van der Waals surface area contributed by atoms with Crippen LogP contribution in [0, 0.1) is 16.0 Å². The van der Waals surface area contributed by atoms with E-state index in [1.54, 1.807) is 0 Å². The number of nitrogens with one attached hydrogen (secondary N) is 1. The van der Waals surface area contributed by atoms with Gasteiger partial charge in [0.05, 0.1) is 4.92 Å². The number of carbonyl (C=O) groups excluding carboxylic acids is 1. The number of nitrogens with zero attached hydrogens (tertiary/aromatic N) is 3. The predicted molar refractivity (Wildman–Crippen MR) is 70.2 cm³/mol. The summed E-state index contributed by atoms with van der Waals surface area (Å²) in [7, 11) is 1.49. The number of hydrogen-bond acceptors (Lipinski definition) is 5. The molecule has 0 saturated heterocycles. The fourth-order valence-corrected chi connectivity index (χ4v) is 2.68. The van der Waals surface area contributed by atoms with Crippen LogP contribution in [0.5, 0.6) is 0 Å². The summed E-state index contributed by atoms with van der Waals surface area (Å²) in [4.78, 5) is 22.5. The lowest BCUT2D eigenvalue weighted by Crippen LogP contribution is -2.44. The first-order valence-electron chi connectivity index (χ1n) is 6.62. The molecule has 2 atom stereocenters. The van der Waals surface area contributed by atoms with Gasteiger partial charge in [-0.05, 0) is 12.8 Å². The van der Waals surface area contributed by atoms with Gasteiger partial charge in [0.15, 0.2) is 0 Å². The molecule has 1 aromatic heterocycles. The van der Waals surface area contributed by atoms with Crippen LogP contribution in [-0.4, -0.2) is 38.4 Å². The van der Waals surface area contributed by atoms with Gasteiger partial charge in [-0.25, -0.2) is 0 Å². The van der Waals surface area contributed by atoms with E-state index in [0.29, 0.717) is 0 Å². The first-order chi connectivity index (χ1) is 9.54. The molecule has 20 heavy (non-hydrogen) atoms. The number of aliphatic hydroxyl groups is 1. The molecule has 1 fully saturated rings. The summed E-state index contributed by atoms with van der Waals surface area (Å²) < 4.78 is 1.20. The Labute approximate surface area is 115 Å². The van der Waals surface area contributed by atoms with Gasteiger partial charge in [0, 0.05) is 25.6 Å². The average molecular weight is 282 g/mol. The van der Waals surface area contributed by atoms with Crippen LogP contribution in [0.3, 0.4) is 0 Å². The van der Waals surface area contributed by atoms with Crippen molar-refractivity contribution in [2.45, 2.75) is 31.7 Å². The van der Waals surface area contributed by atoms with Crippen molar-refractivity contribution < 1.29 is 14.8 Å². The van der Waals surface area contributed by atoms with Crippen molar-refractivity contribution >= 4 is 11.6 Å². The molecule has 8 nitrogen and oxygen atoms in total. The minimum atomic E-state index is -0.619. The fraction of sp³-hybridized carbons (Fsp3) is 0.667. The lowest BCUT2D eigenvalue weighted by molar-refractivity contribution is -0.385. The van der Waals surface area contributed by atoms with Gasteiger partial charge in [0.1, 0.15) is 6.20 Å². The number of aliphatic hydroxyl groups excluding tert-OH is 1. The van der Waals surface area contributed by atoms with Crippen LogP contribution in [0.4, 0.5) is 5.69 Å². The second-order valence-corrected chi connectivity index (χ2v) is 5.07. The summed E-state index contributed by atoms with van der Waals surface area (Å²) >= 11 is 0. The van der Waals surface area contributed by atoms with Crippen molar-refractivity contribution in [3.8, 4) is 0 Å². The van der Waals surface area contributed by atoms with E-state index in [-0.39, 0.29) is 29.9 Å². The number of rotatable bonds is 4. The van der Waals surface area contributed by atoms with Crippen molar-refractivity contribution in [1.82, 2.24) is 15.1 Å². The predicted octanol–water partition coefficient (Wildman–Crippen LogP) is 0.609. The molecule has 1 aliphatic carbocycles. The third-order valence-corrected chi connectivity index (χ3v) is 3.79. The maximum atomic E-state index is 12.2. The van der Waals surface area contributed by atoms with E-state index >= 15 is 0 Å². The van der Waals surface area contributed by atoms with Crippen LogP contribution in [0.2, 0.25) is 0 Å². The van der Waals surface area contributed by atoms with E-state index in [2.05, 4.69) is 10.4 Å². The Morgan fingerprint density at radius 1 is 1.60 bits per heavy atom. The molecule has 2 N–H and O–H groups in total. The Kier molecular flexibility index (Phi) is 4.33. The third kappa shape index (κ3) is 2.79. The molecule has 2 rings (SSSR count). The van der Waals surface area contributed by atoms with Crippen LogP contribution in [0.1, 0.15) is 36.2 Å². The molecular weight excluding hydrogens is 264 g/mol. The van der Waals surface area contributed by atoms with Crippen LogP contribution < -0.4 is 5.32 Å². The zero-order valence-corrected chi connectivity index (χ0v) is 11.3. The second kappa shape index (κ2) is 6.00. The molecule has 0 bridgehead atoms. The summed E-state index contributed by atoms with van der Waals surface area (Å²) in [5.41, 5.74) is -0.362. The van der Waals surface area contributed by atoms with E-state index in [1.807, 2.05) is 0 Å². The van der Waals surface area contributed by atoms with Gasteiger partial charge < -0.3 is 10.4 Å². The number of nitro groups is 1. The first kappa shape index (κ1) is 14.4. The van der Waals surface area contributed by atoms with Crippen molar-refractivity contribution in [3.63, 3.8) is 0 Å². The van der Waals surface area contributed by atoms with Gasteiger partial charge >= 0.3 is 5.69 Å². The number of aromatic nitrogens is 2. The van der Waals surface area contributed by atoms with E-state index in [1.165, 1.54) is 11.7 Å². The molecule has 2 unspecified atom stereocenters. The summed E-state index contributed by atoms with van der Waals surface area (Å²) in [6.07, 6.45) is 4.72. The molecule has 1 aromatic rings. The summed E-state index contributed by atoms with van der Waals surface area (Å²) in [6, 6.07) is -0.143. The molecule has 1 saturated carbocycles. The lowest BCUT2D eigenvalue weighted by Gasteiger charge is -2.30. The van der Waals surface area contributed by atoms with E-state index < -0.39 is 10.8 Å². The van der Waals surface area contributed by atoms with Crippen molar-refractivity contribution in [1.29, 1.82) is 0 Å². The van der Waals surface area contributed by atoms with Crippen molar-refractivity contribution in [2.24, 2.45) is 13.0 Å². The molecule has 0 spiro atoms. The second-order valence-electron chi connectivity index (χ2n) is 5.07. The third-order valence-electron chi connectivity index (χ3n) is 3.79. The van der Waals surface area contributed by atoms with E-state index in [4.69, 9.17) is 0 Å². The molecule has 0 radical (unpaired) electrons. The lowest BCUT2D eigenvalue weighted by atomic mass is 9.85. The van der Waals surface area contributed by atoms with Crippen molar-refractivity contribution in [2.75, 3.05) is 6.61 Å². The van der Waals surface area contributed by atoms with Crippen LogP contribution >= 0.6 is 0 Å². The van der Waals surface area contributed by atoms with Gasteiger partial charge in [0.25, 0.3) is 5.91 Å². The smallest absolute Gasteiger partial charge is 0.320 e. The normalized spacial score (nSPS) is 22.5. The molecule has 1 aliphatic rings. The van der Waals surface area contributed by atoms with Gasteiger partial charge in [-0.3, -0.25) is 19.6 Å². The van der Waals surface area contributed by atoms with Gasteiger partial charge in [0.2, 0.25) is 5.69 Å². The Balaban J connectivity index is 2.15. The Morgan fingerprint density at radius 3 is 2.95 bits per heavy atom. The maximum absolute atomic E-state index is 12.2. The topological polar surface area (TPSA) is 110 Å². The van der Waals surface area contributed by atoms with Crippen LogP contribution in [-0.2, 0) is 7.05 Å². The Bertz CT molecular complexity index is 514. The van der Waals surface area contributed by atoms with Crippen LogP contribution in [0.15, 0.2) is 6.20 Å². The van der Waals surface area contributed by atoms with Gasteiger partial charge in [-0.1, -0.05) is 12.8 Å². The highest BCUT2D eigenvalue weighted by atomic mass is 16.6. The molecule has 8 heteroatoms. The van der Waals surface area contributed by atoms with Crippen molar-refractivity contribution in [3.05, 3.63) is 22.0 Å². The van der Waals surface area contributed by atoms with Gasteiger partial charge in [-0.2, -0.15) is 5.10 Å². The number of aryl methyl sites for hydroxylation is 1. The number of amides is 1. The van der Waals surface area contributed by atoms with E-state index in [9.17, 15) is 20.0 Å². The molecule has 0 aliphatic heterocycles. The molecule has 1 heterocycles. The maximum Gasteiger partial charge on any atom is 0.320 e. The fourth-order valence-electron chi connectivity index (χ4n) is 2.68. The summed E-state index contributed by atoms with van der Waals surface area (Å²) in [5, 5.41) is 26.8. The minimum absolute atomic E-state index is 0.0123. The largest absolute Gasteiger partial charge is 0.396 e. The highest BCUT2D eigenvalue weighted by Crippen LogP contribution is 2.25. The molecule has 0 aromatic carbocycles. The number of carbonyl (C=O) groups is 1. The molecule has 110 valence electrons. The average Bonchev–Trinajstić information content (AvgIpc) is 2.81. The zero-order chi connectivity index (χ0) is 14.7. The Morgan fingerprint density at radius 2 is 2.30 bits per heavy atom. The summed E-state index contributed by atoms with van der Waals surface area (Å²) in [5.74, 6) is -0.498. The van der Waals surface area contributed by atoms with E-state index in [0.717, 1.165) is 31.9 Å². The minimum Gasteiger partial charge on any atom is -0.396 e. The zero-order valence-electron chi connectivity index (χ0n) is 11.3. The summed E-state index contributed by atoms with van der Waals surface area (Å²) in [6.45, 7) is 0.0123. The van der Waals surface area contributed by atoms with Gasteiger partial charge in [-0.15, -0.1) is 0 Å². The standard InChI is InChI=1S/C12H18N4O4/c1-15-11(10(6-13-15)16(19)20)12(18)14-9-5-3-2-4-8(9)7-17/h6,8-9,17H,2-5,7H2,1H3,(H,14,18). The quantitative estimate of drug-likeness (QED) is 0.621. The Hall–Kier alpha value is -1.96. The number of hydrogen-bond donors (Lipinski definition) is 2. The SMILES string of the molecule is Cn1ncc([N+](=O)[O-])c1C(=O)NC1CCCCC1CO. The van der Waals surface area contributed by atoms with Crippen LogP contribution in [0.25, 0.3) is 0 Å². The monoisotopic (exact) mass is 282 g/mol. The highest BCUT2D eigenvalue weighted by molar-refractivity contribution is 5.96. The first-order valence-corrected chi connectivity index (χ1v) is 6.62.